The largest absolute Gasteiger partial charge is 0.354 e. The fraction of sp³-hybridized carbons (Fsp3) is 0.500. The molecule has 1 atom stereocenters. The Morgan fingerprint density at radius 2 is 2.05 bits per heavy atom. The summed E-state index contributed by atoms with van der Waals surface area (Å²) in [6.45, 7) is 4.84. The molecule has 1 N–H and O–H groups in total. The Bertz CT molecular complexity index is 514. The summed E-state index contributed by atoms with van der Waals surface area (Å²) >= 11 is 0. The molecule has 1 aromatic rings. The van der Waals surface area contributed by atoms with Gasteiger partial charge in [0.2, 0.25) is 11.8 Å². The Labute approximate surface area is 124 Å². The lowest BCUT2D eigenvalue weighted by Gasteiger charge is -2.17. The molecule has 0 aliphatic carbocycles. The van der Waals surface area contributed by atoms with Gasteiger partial charge in [-0.3, -0.25) is 9.59 Å². The van der Waals surface area contributed by atoms with E-state index in [1.807, 2.05) is 13.8 Å². The lowest BCUT2D eigenvalue weighted by Crippen LogP contribution is -2.37. The highest BCUT2D eigenvalue weighted by atomic mass is 19.1. The molecule has 1 aliphatic rings. The van der Waals surface area contributed by atoms with E-state index in [0.717, 1.165) is 5.56 Å². The average Bonchev–Trinajstić information content (AvgIpc) is 2.79. The number of amides is 2. The summed E-state index contributed by atoms with van der Waals surface area (Å²) in [5.41, 5.74) is 0.985. The van der Waals surface area contributed by atoms with Crippen LogP contribution in [0, 0.1) is 11.7 Å². The third kappa shape index (κ3) is 4.28. The van der Waals surface area contributed by atoms with Crippen molar-refractivity contribution in [3.8, 4) is 0 Å². The number of nitrogens with one attached hydrogen (secondary N) is 1. The SMILES string of the molecule is CC(C)NC(=O)[C@H]1CC(=O)N(CCc2ccc(F)cc2)C1. The number of rotatable bonds is 5. The second-order valence-electron chi connectivity index (χ2n) is 5.78. The fourth-order valence-electron chi connectivity index (χ4n) is 2.48. The van der Waals surface area contributed by atoms with E-state index < -0.39 is 0 Å². The van der Waals surface area contributed by atoms with Crippen molar-refractivity contribution in [1.82, 2.24) is 10.2 Å². The molecule has 0 saturated carbocycles. The van der Waals surface area contributed by atoms with Gasteiger partial charge in [0.1, 0.15) is 5.82 Å². The molecule has 0 aromatic heterocycles. The smallest absolute Gasteiger partial charge is 0.225 e. The van der Waals surface area contributed by atoms with E-state index in [4.69, 9.17) is 0 Å². The minimum Gasteiger partial charge on any atom is -0.354 e. The number of nitrogens with zero attached hydrogens (tertiary/aromatic N) is 1. The highest BCUT2D eigenvalue weighted by Crippen LogP contribution is 2.18. The maximum absolute atomic E-state index is 12.8. The molecule has 2 amide bonds. The number of halogens is 1. The molecule has 0 unspecified atom stereocenters. The second-order valence-corrected chi connectivity index (χ2v) is 5.78. The van der Waals surface area contributed by atoms with Crippen LogP contribution in [0.25, 0.3) is 0 Å². The van der Waals surface area contributed by atoms with Crippen molar-refractivity contribution in [3.05, 3.63) is 35.6 Å². The first kappa shape index (κ1) is 15.5. The van der Waals surface area contributed by atoms with Crippen molar-refractivity contribution in [2.45, 2.75) is 32.7 Å². The quantitative estimate of drug-likeness (QED) is 0.898. The van der Waals surface area contributed by atoms with Crippen molar-refractivity contribution in [3.63, 3.8) is 0 Å². The van der Waals surface area contributed by atoms with Gasteiger partial charge in [0.05, 0.1) is 5.92 Å². The van der Waals surface area contributed by atoms with Gasteiger partial charge in [0, 0.05) is 25.6 Å². The van der Waals surface area contributed by atoms with Crippen molar-refractivity contribution in [1.29, 1.82) is 0 Å². The molecule has 1 fully saturated rings. The molecule has 2 rings (SSSR count). The topological polar surface area (TPSA) is 49.4 Å². The number of hydrogen-bond acceptors (Lipinski definition) is 2. The van der Waals surface area contributed by atoms with Crippen LogP contribution in [-0.2, 0) is 16.0 Å². The first-order valence-electron chi connectivity index (χ1n) is 7.28. The van der Waals surface area contributed by atoms with Crippen molar-refractivity contribution < 1.29 is 14.0 Å². The van der Waals surface area contributed by atoms with Gasteiger partial charge in [-0.1, -0.05) is 12.1 Å². The summed E-state index contributed by atoms with van der Waals surface area (Å²) in [4.78, 5) is 25.6. The summed E-state index contributed by atoms with van der Waals surface area (Å²) in [7, 11) is 0. The van der Waals surface area contributed by atoms with E-state index in [0.29, 0.717) is 19.5 Å². The minimum absolute atomic E-state index is 0.0148. The maximum Gasteiger partial charge on any atom is 0.225 e. The Balaban J connectivity index is 1.86. The molecule has 5 heteroatoms. The summed E-state index contributed by atoms with van der Waals surface area (Å²) in [6.07, 6.45) is 0.951. The molecule has 0 spiro atoms. The maximum atomic E-state index is 12.8. The predicted octanol–water partition coefficient (Wildman–Crippen LogP) is 1.74. The van der Waals surface area contributed by atoms with E-state index in [1.165, 1.54) is 12.1 Å². The molecular weight excluding hydrogens is 271 g/mol. The van der Waals surface area contributed by atoms with E-state index in [1.54, 1.807) is 17.0 Å². The molecule has 0 bridgehead atoms. The van der Waals surface area contributed by atoms with Crippen LogP contribution in [0.4, 0.5) is 4.39 Å². The summed E-state index contributed by atoms with van der Waals surface area (Å²) in [5.74, 6) is -0.557. The van der Waals surface area contributed by atoms with Gasteiger partial charge < -0.3 is 10.2 Å². The molecule has 114 valence electrons. The van der Waals surface area contributed by atoms with Gasteiger partial charge in [-0.15, -0.1) is 0 Å². The highest BCUT2D eigenvalue weighted by molar-refractivity contribution is 5.89. The third-order valence-corrected chi connectivity index (χ3v) is 3.60. The van der Waals surface area contributed by atoms with Gasteiger partial charge >= 0.3 is 0 Å². The first-order chi connectivity index (χ1) is 9.95. The molecule has 1 heterocycles. The fourth-order valence-corrected chi connectivity index (χ4v) is 2.48. The van der Waals surface area contributed by atoms with E-state index >= 15 is 0 Å². The van der Waals surface area contributed by atoms with Crippen LogP contribution in [0.2, 0.25) is 0 Å². The number of carbonyl (C=O) groups is 2. The molecule has 1 aromatic carbocycles. The standard InChI is InChI=1S/C16H21FN2O2/c1-11(2)18-16(21)13-9-15(20)19(10-13)8-7-12-3-5-14(17)6-4-12/h3-6,11,13H,7-10H2,1-2H3,(H,18,21)/t13-/m0/s1. The van der Waals surface area contributed by atoms with Gasteiger partial charge in [-0.2, -0.15) is 0 Å². The zero-order valence-corrected chi connectivity index (χ0v) is 12.4. The summed E-state index contributed by atoms with van der Waals surface area (Å²) in [5, 5.41) is 2.85. The van der Waals surface area contributed by atoms with Crippen LogP contribution in [-0.4, -0.2) is 35.8 Å². The van der Waals surface area contributed by atoms with Crippen molar-refractivity contribution >= 4 is 11.8 Å². The highest BCUT2D eigenvalue weighted by Gasteiger charge is 2.33. The number of hydrogen-bond donors (Lipinski definition) is 1. The summed E-state index contributed by atoms with van der Waals surface area (Å²) < 4.78 is 12.8. The van der Waals surface area contributed by atoms with Crippen LogP contribution in [0.15, 0.2) is 24.3 Å². The Kier molecular flexibility index (Phi) is 4.94. The lowest BCUT2D eigenvalue weighted by atomic mass is 10.1. The number of benzene rings is 1. The Morgan fingerprint density at radius 1 is 1.38 bits per heavy atom. The Morgan fingerprint density at radius 3 is 2.67 bits per heavy atom. The molecule has 1 aliphatic heterocycles. The van der Waals surface area contributed by atoms with E-state index in [-0.39, 0.29) is 36.0 Å². The zero-order chi connectivity index (χ0) is 15.4. The predicted molar refractivity (Wildman–Crippen MR) is 78.1 cm³/mol. The Hall–Kier alpha value is -1.91. The minimum atomic E-state index is -0.263. The molecular formula is C16H21FN2O2. The van der Waals surface area contributed by atoms with E-state index in [2.05, 4.69) is 5.32 Å². The van der Waals surface area contributed by atoms with Crippen LogP contribution < -0.4 is 5.32 Å². The molecule has 0 radical (unpaired) electrons. The van der Waals surface area contributed by atoms with Crippen molar-refractivity contribution in [2.75, 3.05) is 13.1 Å². The van der Waals surface area contributed by atoms with Gasteiger partial charge in [0.15, 0.2) is 0 Å². The van der Waals surface area contributed by atoms with Crippen LogP contribution in [0.3, 0.4) is 0 Å². The van der Waals surface area contributed by atoms with Crippen LogP contribution in [0.1, 0.15) is 25.8 Å². The van der Waals surface area contributed by atoms with Gasteiger partial charge in [0.25, 0.3) is 0 Å². The number of likely N-dealkylation sites (tertiary alicyclic amines) is 1. The van der Waals surface area contributed by atoms with Crippen molar-refractivity contribution in [2.24, 2.45) is 5.92 Å². The summed E-state index contributed by atoms with van der Waals surface area (Å²) in [6, 6.07) is 6.36. The molecule has 1 saturated heterocycles. The average molecular weight is 292 g/mol. The van der Waals surface area contributed by atoms with E-state index in [9.17, 15) is 14.0 Å². The molecule has 21 heavy (non-hydrogen) atoms. The third-order valence-electron chi connectivity index (χ3n) is 3.60. The molecule has 4 nitrogen and oxygen atoms in total. The monoisotopic (exact) mass is 292 g/mol. The van der Waals surface area contributed by atoms with Crippen LogP contribution in [0.5, 0.6) is 0 Å². The normalized spacial score (nSPS) is 18.4. The van der Waals surface area contributed by atoms with Gasteiger partial charge in [-0.25, -0.2) is 4.39 Å². The first-order valence-corrected chi connectivity index (χ1v) is 7.28. The number of carbonyl (C=O) groups excluding carboxylic acids is 2. The second kappa shape index (κ2) is 6.70. The lowest BCUT2D eigenvalue weighted by molar-refractivity contribution is -0.129. The van der Waals surface area contributed by atoms with Crippen LogP contribution >= 0.6 is 0 Å². The van der Waals surface area contributed by atoms with Gasteiger partial charge in [-0.05, 0) is 38.0 Å². The zero-order valence-electron chi connectivity index (χ0n) is 12.4.